The van der Waals surface area contributed by atoms with Crippen LogP contribution in [0.1, 0.15) is 13.0 Å². The van der Waals surface area contributed by atoms with Gasteiger partial charge in [0.05, 0.1) is 6.10 Å². The first-order chi connectivity index (χ1) is 8.61. The van der Waals surface area contributed by atoms with E-state index in [0.29, 0.717) is 11.5 Å². The first-order valence-corrected chi connectivity index (χ1v) is 5.33. The zero-order valence-corrected chi connectivity index (χ0v) is 9.63. The van der Waals surface area contributed by atoms with E-state index in [-0.39, 0.29) is 0 Å². The molecule has 0 fully saturated rings. The van der Waals surface area contributed by atoms with Gasteiger partial charge in [-0.25, -0.2) is 4.79 Å². The number of hydrogen-bond acceptors (Lipinski definition) is 5. The lowest BCUT2D eigenvalue weighted by Crippen LogP contribution is -2.29. The quantitative estimate of drug-likeness (QED) is 0.809. The molecular weight excluding hydrogens is 236 g/mol. The van der Waals surface area contributed by atoms with Crippen molar-refractivity contribution in [2.24, 2.45) is 0 Å². The number of rotatable bonds is 4. The van der Waals surface area contributed by atoms with Crippen molar-refractivity contribution in [1.82, 2.24) is 19.7 Å². The molecule has 0 saturated carbocycles. The number of aromatic nitrogens is 4. The molecule has 0 aliphatic heterocycles. The van der Waals surface area contributed by atoms with Crippen molar-refractivity contribution in [3.05, 3.63) is 30.7 Å². The van der Waals surface area contributed by atoms with Crippen LogP contribution in [0.2, 0.25) is 0 Å². The van der Waals surface area contributed by atoms with Crippen molar-refractivity contribution in [2.45, 2.75) is 19.1 Å². The highest BCUT2D eigenvalue weighted by Gasteiger charge is 2.28. The van der Waals surface area contributed by atoms with E-state index in [1.165, 1.54) is 17.8 Å². The fourth-order valence-electron chi connectivity index (χ4n) is 1.68. The van der Waals surface area contributed by atoms with Crippen LogP contribution in [-0.2, 0) is 4.79 Å². The second-order valence-corrected chi connectivity index (χ2v) is 3.80. The average Bonchev–Trinajstić information content (AvgIpc) is 2.78. The van der Waals surface area contributed by atoms with Gasteiger partial charge in [-0.1, -0.05) is 6.07 Å². The monoisotopic (exact) mass is 248 g/mol. The van der Waals surface area contributed by atoms with Gasteiger partial charge in [-0.3, -0.25) is 9.55 Å². The molecule has 2 unspecified atom stereocenters. The summed E-state index contributed by atoms with van der Waals surface area (Å²) in [5.74, 6) is -0.842. The van der Waals surface area contributed by atoms with Crippen molar-refractivity contribution in [1.29, 1.82) is 0 Å². The normalized spacial score (nSPS) is 14.1. The highest BCUT2D eigenvalue weighted by molar-refractivity contribution is 5.73. The lowest BCUT2D eigenvalue weighted by atomic mass is 10.1. The van der Waals surface area contributed by atoms with Crippen LogP contribution in [0.25, 0.3) is 11.5 Å². The predicted octanol–water partition coefficient (Wildman–Crippen LogP) is 0.347. The number of carboxylic acids is 1. The van der Waals surface area contributed by atoms with Gasteiger partial charge >= 0.3 is 5.97 Å². The number of carbonyl (C=O) groups is 1. The Morgan fingerprint density at radius 2 is 2.22 bits per heavy atom. The largest absolute Gasteiger partial charge is 0.480 e. The van der Waals surface area contributed by atoms with Crippen molar-refractivity contribution >= 4 is 5.97 Å². The molecule has 94 valence electrons. The summed E-state index contributed by atoms with van der Waals surface area (Å²) in [5, 5.41) is 26.2. The molecule has 0 bridgehead atoms. The summed E-state index contributed by atoms with van der Waals surface area (Å²) in [6.07, 6.45) is 1.78. The highest BCUT2D eigenvalue weighted by Crippen LogP contribution is 2.20. The van der Waals surface area contributed by atoms with Crippen LogP contribution in [0.3, 0.4) is 0 Å². The smallest absolute Gasteiger partial charge is 0.329 e. The van der Waals surface area contributed by atoms with Crippen molar-refractivity contribution < 1.29 is 15.0 Å². The van der Waals surface area contributed by atoms with E-state index in [4.69, 9.17) is 5.11 Å². The highest BCUT2D eigenvalue weighted by atomic mass is 16.4. The van der Waals surface area contributed by atoms with Gasteiger partial charge in [0.1, 0.15) is 12.0 Å². The van der Waals surface area contributed by atoms with E-state index >= 15 is 0 Å². The molecule has 0 aliphatic carbocycles. The van der Waals surface area contributed by atoms with Crippen molar-refractivity contribution in [3.63, 3.8) is 0 Å². The van der Waals surface area contributed by atoms with E-state index < -0.39 is 18.1 Å². The summed E-state index contributed by atoms with van der Waals surface area (Å²) in [7, 11) is 0. The maximum absolute atomic E-state index is 11.2. The topological polar surface area (TPSA) is 101 Å². The third-order valence-electron chi connectivity index (χ3n) is 2.48. The number of aliphatic carboxylic acids is 1. The van der Waals surface area contributed by atoms with E-state index in [1.807, 2.05) is 0 Å². The number of carboxylic acid groups (broad SMARTS) is 1. The first kappa shape index (κ1) is 12.2. The summed E-state index contributed by atoms with van der Waals surface area (Å²) < 4.78 is 1.30. The molecule has 2 rings (SSSR count). The van der Waals surface area contributed by atoms with Gasteiger partial charge in [0.25, 0.3) is 0 Å². The Morgan fingerprint density at radius 3 is 2.78 bits per heavy atom. The Balaban J connectivity index is 2.47. The predicted molar refractivity (Wildman–Crippen MR) is 61.6 cm³/mol. The van der Waals surface area contributed by atoms with Crippen LogP contribution in [0, 0.1) is 0 Å². The molecular formula is C11H12N4O3. The molecule has 0 amide bonds. The number of pyridine rings is 1. The molecule has 18 heavy (non-hydrogen) atoms. The average molecular weight is 248 g/mol. The molecule has 0 radical (unpaired) electrons. The van der Waals surface area contributed by atoms with Gasteiger partial charge in [-0.05, 0) is 19.1 Å². The van der Waals surface area contributed by atoms with Crippen LogP contribution >= 0.6 is 0 Å². The fourth-order valence-corrected chi connectivity index (χ4v) is 1.68. The molecule has 2 N–H and O–H groups in total. The van der Waals surface area contributed by atoms with Crippen LogP contribution in [0.5, 0.6) is 0 Å². The zero-order chi connectivity index (χ0) is 13.1. The summed E-state index contributed by atoms with van der Waals surface area (Å²) in [4.78, 5) is 15.3. The van der Waals surface area contributed by atoms with Gasteiger partial charge < -0.3 is 10.2 Å². The number of aliphatic hydroxyl groups is 1. The Morgan fingerprint density at radius 1 is 1.44 bits per heavy atom. The summed E-state index contributed by atoms with van der Waals surface area (Å²) in [6, 6.07) is 4.06. The minimum absolute atomic E-state index is 0.309. The van der Waals surface area contributed by atoms with Crippen LogP contribution in [0.15, 0.2) is 30.7 Å². The summed E-state index contributed by atoms with van der Waals surface area (Å²) in [6.45, 7) is 1.40. The minimum Gasteiger partial charge on any atom is -0.480 e. The van der Waals surface area contributed by atoms with Crippen LogP contribution in [-0.4, -0.2) is 42.0 Å². The van der Waals surface area contributed by atoms with E-state index in [2.05, 4.69) is 15.2 Å². The van der Waals surface area contributed by atoms with Gasteiger partial charge in [0.15, 0.2) is 11.9 Å². The van der Waals surface area contributed by atoms with Gasteiger partial charge in [0.2, 0.25) is 0 Å². The number of nitrogens with zero attached hydrogens (tertiary/aromatic N) is 4. The van der Waals surface area contributed by atoms with E-state index in [9.17, 15) is 9.90 Å². The van der Waals surface area contributed by atoms with Gasteiger partial charge in [0, 0.05) is 6.20 Å². The molecule has 7 nitrogen and oxygen atoms in total. The Bertz CT molecular complexity index is 538. The number of hydrogen-bond donors (Lipinski definition) is 2. The molecule has 2 aromatic rings. The molecule has 0 saturated heterocycles. The van der Waals surface area contributed by atoms with Crippen LogP contribution < -0.4 is 0 Å². The molecule has 2 heterocycles. The maximum atomic E-state index is 11.2. The standard InChI is InChI=1S/C11H12N4O3/c1-7(16)9(11(17)18)15-6-13-14-10(15)8-4-2-3-5-12-8/h2-7,9,16H,1H3,(H,17,18). The Labute approximate surface area is 103 Å². The summed E-state index contributed by atoms with van der Waals surface area (Å²) in [5.41, 5.74) is 0.502. The van der Waals surface area contributed by atoms with E-state index in [0.717, 1.165) is 0 Å². The van der Waals surface area contributed by atoms with Crippen molar-refractivity contribution in [3.8, 4) is 11.5 Å². The molecule has 2 aromatic heterocycles. The van der Waals surface area contributed by atoms with Gasteiger partial charge in [-0.15, -0.1) is 10.2 Å². The molecule has 7 heteroatoms. The van der Waals surface area contributed by atoms with Crippen LogP contribution in [0.4, 0.5) is 0 Å². The molecule has 2 atom stereocenters. The molecule has 0 aliphatic rings. The molecule has 0 spiro atoms. The second-order valence-electron chi connectivity index (χ2n) is 3.80. The fraction of sp³-hybridized carbons (Fsp3) is 0.273. The second kappa shape index (κ2) is 4.92. The third kappa shape index (κ3) is 2.21. The third-order valence-corrected chi connectivity index (χ3v) is 2.48. The summed E-state index contributed by atoms with van der Waals surface area (Å²) >= 11 is 0. The minimum atomic E-state index is -1.15. The molecule has 0 aromatic carbocycles. The van der Waals surface area contributed by atoms with Crippen molar-refractivity contribution in [2.75, 3.05) is 0 Å². The van der Waals surface area contributed by atoms with Gasteiger partial charge in [-0.2, -0.15) is 0 Å². The Kier molecular flexibility index (Phi) is 3.33. The lowest BCUT2D eigenvalue weighted by Gasteiger charge is -2.17. The lowest BCUT2D eigenvalue weighted by molar-refractivity contribution is -0.144. The zero-order valence-electron chi connectivity index (χ0n) is 9.63. The van der Waals surface area contributed by atoms with E-state index in [1.54, 1.807) is 24.4 Å². The maximum Gasteiger partial charge on any atom is 0.329 e. The Hall–Kier alpha value is -2.28. The number of aliphatic hydroxyl groups excluding tert-OH is 1. The first-order valence-electron chi connectivity index (χ1n) is 5.33. The SMILES string of the molecule is CC(O)C(C(=O)O)n1cnnc1-c1ccccn1.